The van der Waals surface area contributed by atoms with E-state index in [4.69, 9.17) is 5.73 Å². The van der Waals surface area contributed by atoms with Gasteiger partial charge in [-0.3, -0.25) is 29.4 Å². The molecule has 0 aliphatic carbocycles. The van der Waals surface area contributed by atoms with Gasteiger partial charge in [-0.05, 0) is 31.4 Å². The number of fused-ring (bicyclic) bond motifs is 1. The number of anilines is 1. The van der Waals surface area contributed by atoms with Crippen molar-refractivity contribution in [3.05, 3.63) is 29.1 Å². The topological polar surface area (TPSA) is 113 Å². The van der Waals surface area contributed by atoms with Crippen LogP contribution in [0.1, 0.15) is 46.4 Å². The van der Waals surface area contributed by atoms with Crippen LogP contribution in [0.4, 0.5) is 10.1 Å². The van der Waals surface area contributed by atoms with Gasteiger partial charge in [0.25, 0.3) is 11.8 Å². The van der Waals surface area contributed by atoms with E-state index in [0.717, 1.165) is 23.8 Å². The van der Waals surface area contributed by atoms with Crippen LogP contribution in [-0.2, 0) is 9.59 Å². The standard InChI is InChI=1S/C18H19FN4O4/c19-11-4-3-10-14(15(11)22-7-1-2-9(20)8-22)18(27)23(17(10)26)12-5-6-13(24)21-16(12)25/h3-4,9,12H,1-2,5-8,20H2,(H,21,24,25)/t9-,12?/m1/s1. The first-order valence-corrected chi connectivity index (χ1v) is 8.93. The van der Waals surface area contributed by atoms with Crippen LogP contribution in [0.5, 0.6) is 0 Å². The lowest BCUT2D eigenvalue weighted by Gasteiger charge is -2.34. The van der Waals surface area contributed by atoms with Gasteiger partial charge in [-0.15, -0.1) is 0 Å². The maximum atomic E-state index is 14.7. The third-order valence-electron chi connectivity index (χ3n) is 5.31. The number of rotatable bonds is 2. The van der Waals surface area contributed by atoms with Gasteiger partial charge in [-0.2, -0.15) is 0 Å². The molecule has 1 aromatic carbocycles. The number of nitrogens with one attached hydrogen (secondary N) is 1. The molecule has 4 amide bonds. The molecule has 0 saturated carbocycles. The van der Waals surface area contributed by atoms with Crippen LogP contribution in [-0.4, -0.2) is 53.7 Å². The van der Waals surface area contributed by atoms with E-state index in [2.05, 4.69) is 5.32 Å². The van der Waals surface area contributed by atoms with Gasteiger partial charge >= 0.3 is 0 Å². The zero-order valence-corrected chi connectivity index (χ0v) is 14.5. The van der Waals surface area contributed by atoms with Crippen molar-refractivity contribution >= 4 is 29.3 Å². The molecule has 3 heterocycles. The SMILES string of the molecule is N[C@@H]1CCCN(c2c(F)ccc3c2C(=O)N(C2CCC(=O)NC2=O)C3=O)C1. The minimum absolute atomic E-state index is 0.0289. The van der Waals surface area contributed by atoms with Crippen LogP contribution in [0.15, 0.2) is 12.1 Å². The molecule has 2 atom stereocenters. The number of nitrogens with zero attached hydrogens (tertiary/aromatic N) is 2. The molecule has 0 spiro atoms. The molecule has 8 nitrogen and oxygen atoms in total. The van der Waals surface area contributed by atoms with Crippen LogP contribution in [0.25, 0.3) is 0 Å². The summed E-state index contributed by atoms with van der Waals surface area (Å²) < 4.78 is 14.7. The fourth-order valence-electron chi connectivity index (χ4n) is 4.04. The molecule has 2 saturated heterocycles. The van der Waals surface area contributed by atoms with Crippen molar-refractivity contribution in [3.8, 4) is 0 Å². The van der Waals surface area contributed by atoms with Crippen LogP contribution >= 0.6 is 0 Å². The van der Waals surface area contributed by atoms with E-state index in [0.29, 0.717) is 13.1 Å². The molecule has 0 aromatic heterocycles. The summed E-state index contributed by atoms with van der Waals surface area (Å²) in [7, 11) is 0. The van der Waals surface area contributed by atoms with Crippen molar-refractivity contribution in [3.63, 3.8) is 0 Å². The molecule has 2 fully saturated rings. The van der Waals surface area contributed by atoms with E-state index in [1.54, 1.807) is 4.90 Å². The van der Waals surface area contributed by atoms with Crippen LogP contribution < -0.4 is 16.0 Å². The summed E-state index contributed by atoms with van der Waals surface area (Å²) in [5.41, 5.74) is 6.09. The first-order valence-electron chi connectivity index (χ1n) is 8.93. The normalized spacial score (nSPS) is 25.7. The van der Waals surface area contributed by atoms with Crippen LogP contribution in [0.3, 0.4) is 0 Å². The predicted molar refractivity (Wildman–Crippen MR) is 92.5 cm³/mol. The maximum absolute atomic E-state index is 14.7. The van der Waals surface area contributed by atoms with Gasteiger partial charge in [0, 0.05) is 25.6 Å². The van der Waals surface area contributed by atoms with Gasteiger partial charge in [-0.25, -0.2) is 4.39 Å². The summed E-state index contributed by atoms with van der Waals surface area (Å²) in [5.74, 6) is -3.09. The number of amides is 4. The molecule has 0 radical (unpaired) electrons. The molecule has 3 N–H and O–H groups in total. The Morgan fingerprint density at radius 2 is 1.89 bits per heavy atom. The van der Waals surface area contributed by atoms with Crippen molar-refractivity contribution < 1.29 is 23.6 Å². The first-order chi connectivity index (χ1) is 12.9. The minimum atomic E-state index is -1.07. The van der Waals surface area contributed by atoms with Crippen molar-refractivity contribution in [2.45, 2.75) is 37.8 Å². The highest BCUT2D eigenvalue weighted by molar-refractivity contribution is 6.25. The number of halogens is 1. The largest absolute Gasteiger partial charge is 0.367 e. The third-order valence-corrected chi connectivity index (χ3v) is 5.31. The molecule has 3 aliphatic heterocycles. The van der Waals surface area contributed by atoms with Crippen molar-refractivity contribution in [2.24, 2.45) is 5.73 Å². The average molecular weight is 374 g/mol. The molecule has 9 heteroatoms. The Balaban J connectivity index is 1.74. The van der Waals surface area contributed by atoms with E-state index in [-0.39, 0.29) is 35.7 Å². The van der Waals surface area contributed by atoms with E-state index in [1.807, 2.05) is 0 Å². The lowest BCUT2D eigenvalue weighted by atomic mass is 10.0. The number of hydrogen-bond acceptors (Lipinski definition) is 6. The quantitative estimate of drug-likeness (QED) is 0.713. The number of carbonyl (C=O) groups excluding carboxylic acids is 4. The summed E-state index contributed by atoms with van der Waals surface area (Å²) in [4.78, 5) is 51.9. The molecule has 27 heavy (non-hydrogen) atoms. The van der Waals surface area contributed by atoms with Crippen molar-refractivity contribution in [2.75, 3.05) is 18.0 Å². The molecule has 142 valence electrons. The minimum Gasteiger partial charge on any atom is -0.367 e. The Hall–Kier alpha value is -2.81. The molecule has 3 aliphatic rings. The molecule has 4 rings (SSSR count). The smallest absolute Gasteiger partial charge is 0.264 e. The van der Waals surface area contributed by atoms with Crippen LogP contribution in [0, 0.1) is 5.82 Å². The Labute approximate surface area is 154 Å². The van der Waals surface area contributed by atoms with Gasteiger partial charge in [0.1, 0.15) is 11.9 Å². The molecule has 0 bridgehead atoms. The lowest BCUT2D eigenvalue weighted by molar-refractivity contribution is -0.136. The van der Waals surface area contributed by atoms with Gasteiger partial charge in [0.2, 0.25) is 11.8 Å². The van der Waals surface area contributed by atoms with Crippen LogP contribution in [0.2, 0.25) is 0 Å². The van der Waals surface area contributed by atoms with Gasteiger partial charge < -0.3 is 10.6 Å². The second kappa shape index (κ2) is 6.41. The summed E-state index contributed by atoms with van der Waals surface area (Å²) in [6, 6.07) is 1.21. The summed E-state index contributed by atoms with van der Waals surface area (Å²) >= 11 is 0. The van der Waals surface area contributed by atoms with E-state index in [9.17, 15) is 23.6 Å². The average Bonchev–Trinajstić information content (AvgIpc) is 2.86. The summed E-state index contributed by atoms with van der Waals surface area (Å²) in [5, 5.41) is 2.14. The predicted octanol–water partition coefficient (Wildman–Crippen LogP) is 0.154. The number of carbonyl (C=O) groups is 4. The zero-order valence-electron chi connectivity index (χ0n) is 14.5. The fourth-order valence-corrected chi connectivity index (χ4v) is 4.04. The fraction of sp³-hybridized carbons (Fsp3) is 0.444. The van der Waals surface area contributed by atoms with Crippen molar-refractivity contribution in [1.29, 1.82) is 0 Å². The van der Waals surface area contributed by atoms with Gasteiger partial charge in [0.05, 0.1) is 16.8 Å². The monoisotopic (exact) mass is 374 g/mol. The lowest BCUT2D eigenvalue weighted by Crippen LogP contribution is -2.54. The molecule has 1 unspecified atom stereocenters. The third kappa shape index (κ3) is 2.78. The highest BCUT2D eigenvalue weighted by Crippen LogP contribution is 2.37. The molecular formula is C18H19FN4O4. The highest BCUT2D eigenvalue weighted by Gasteiger charge is 2.47. The second-order valence-corrected chi connectivity index (χ2v) is 7.11. The second-order valence-electron chi connectivity index (χ2n) is 7.11. The Morgan fingerprint density at radius 1 is 1.11 bits per heavy atom. The number of imide groups is 2. The van der Waals surface area contributed by atoms with Gasteiger partial charge in [0.15, 0.2) is 0 Å². The number of piperidine rings is 2. The summed E-state index contributed by atoms with van der Waals surface area (Å²) in [6.45, 7) is 0.911. The number of nitrogens with two attached hydrogens (primary N) is 1. The van der Waals surface area contributed by atoms with E-state index in [1.165, 1.54) is 6.07 Å². The molecule has 1 aromatic rings. The highest BCUT2D eigenvalue weighted by atomic mass is 19.1. The Morgan fingerprint density at radius 3 is 2.59 bits per heavy atom. The number of benzene rings is 1. The van der Waals surface area contributed by atoms with Crippen molar-refractivity contribution in [1.82, 2.24) is 10.2 Å². The number of hydrogen-bond donors (Lipinski definition) is 2. The first kappa shape index (κ1) is 17.6. The maximum Gasteiger partial charge on any atom is 0.264 e. The molecular weight excluding hydrogens is 355 g/mol. The van der Waals surface area contributed by atoms with E-state index >= 15 is 0 Å². The Bertz CT molecular complexity index is 871. The van der Waals surface area contributed by atoms with E-state index < -0.39 is 35.5 Å². The van der Waals surface area contributed by atoms with Gasteiger partial charge in [-0.1, -0.05) is 0 Å². The Kier molecular flexibility index (Phi) is 4.18. The zero-order chi connectivity index (χ0) is 19.3. The summed E-state index contributed by atoms with van der Waals surface area (Å²) in [6.07, 6.45) is 1.65.